The van der Waals surface area contributed by atoms with Crippen LogP contribution in [0.4, 0.5) is 5.69 Å². The number of benzene rings is 2. The SMILES string of the molecule is O=C(O)/C=C\C(=O)Nc1ccc2c(c1)Cc1cc(Br)ccc1-2. The number of aliphatic carboxylic acids is 1. The van der Waals surface area contributed by atoms with Crippen LogP contribution in [0.5, 0.6) is 0 Å². The summed E-state index contributed by atoms with van der Waals surface area (Å²) in [6.45, 7) is 0. The Bertz CT molecular complexity index is 812. The molecule has 1 amide bonds. The number of carboxylic acids is 1. The molecule has 0 saturated heterocycles. The predicted molar refractivity (Wildman–Crippen MR) is 87.8 cm³/mol. The minimum Gasteiger partial charge on any atom is -0.478 e. The van der Waals surface area contributed by atoms with Crippen molar-refractivity contribution >= 4 is 33.5 Å². The van der Waals surface area contributed by atoms with Crippen molar-refractivity contribution in [1.82, 2.24) is 0 Å². The van der Waals surface area contributed by atoms with Crippen molar-refractivity contribution in [3.05, 3.63) is 64.1 Å². The van der Waals surface area contributed by atoms with E-state index in [1.165, 1.54) is 16.7 Å². The standard InChI is InChI=1S/C17H12BrNO3/c18-12-1-3-14-10(8-12)7-11-9-13(2-4-15(11)14)19-16(20)5-6-17(21)22/h1-6,8-9H,7H2,(H,19,20)(H,21,22)/b6-5-. The average Bonchev–Trinajstić information content (AvgIpc) is 2.81. The largest absolute Gasteiger partial charge is 0.478 e. The Kier molecular flexibility index (Phi) is 3.81. The molecule has 0 aromatic heterocycles. The zero-order chi connectivity index (χ0) is 15.7. The van der Waals surface area contributed by atoms with Crippen molar-refractivity contribution in [2.24, 2.45) is 0 Å². The van der Waals surface area contributed by atoms with E-state index in [4.69, 9.17) is 5.11 Å². The maximum absolute atomic E-state index is 11.6. The van der Waals surface area contributed by atoms with Gasteiger partial charge in [-0.15, -0.1) is 0 Å². The van der Waals surface area contributed by atoms with Gasteiger partial charge in [0.25, 0.3) is 0 Å². The number of rotatable bonds is 3. The molecule has 0 aliphatic heterocycles. The quantitative estimate of drug-likeness (QED) is 0.703. The van der Waals surface area contributed by atoms with Gasteiger partial charge in [0, 0.05) is 22.3 Å². The van der Waals surface area contributed by atoms with Gasteiger partial charge in [-0.1, -0.05) is 28.1 Å². The van der Waals surface area contributed by atoms with Crippen LogP contribution in [0.2, 0.25) is 0 Å². The highest BCUT2D eigenvalue weighted by atomic mass is 79.9. The van der Waals surface area contributed by atoms with E-state index < -0.39 is 11.9 Å². The molecule has 0 unspecified atom stereocenters. The third-order valence-electron chi connectivity index (χ3n) is 3.49. The lowest BCUT2D eigenvalue weighted by Gasteiger charge is -2.05. The van der Waals surface area contributed by atoms with Gasteiger partial charge >= 0.3 is 5.97 Å². The fraction of sp³-hybridized carbons (Fsp3) is 0.0588. The van der Waals surface area contributed by atoms with E-state index in [1.807, 2.05) is 24.3 Å². The summed E-state index contributed by atoms with van der Waals surface area (Å²) < 4.78 is 1.05. The summed E-state index contributed by atoms with van der Waals surface area (Å²) in [5, 5.41) is 11.2. The number of fused-ring (bicyclic) bond motifs is 3. The Morgan fingerprint density at radius 2 is 1.73 bits per heavy atom. The molecule has 2 N–H and O–H groups in total. The summed E-state index contributed by atoms with van der Waals surface area (Å²) >= 11 is 3.47. The first-order chi connectivity index (χ1) is 10.5. The molecule has 0 atom stereocenters. The number of carbonyl (C=O) groups excluding carboxylic acids is 1. The molecule has 0 heterocycles. The molecule has 1 aliphatic carbocycles. The van der Waals surface area contributed by atoms with Gasteiger partial charge in [0.15, 0.2) is 0 Å². The second-order valence-electron chi connectivity index (χ2n) is 5.01. The summed E-state index contributed by atoms with van der Waals surface area (Å²) in [5.41, 5.74) is 5.43. The lowest BCUT2D eigenvalue weighted by molar-refractivity contribution is -0.131. The summed E-state index contributed by atoms with van der Waals surface area (Å²) in [6.07, 6.45) is 2.64. The molecular formula is C17H12BrNO3. The summed E-state index contributed by atoms with van der Waals surface area (Å²) in [5.74, 6) is -1.61. The molecular weight excluding hydrogens is 346 g/mol. The number of carbonyl (C=O) groups is 2. The third-order valence-corrected chi connectivity index (χ3v) is 3.98. The fourth-order valence-corrected chi connectivity index (χ4v) is 3.00. The number of amides is 1. The number of halogens is 1. The molecule has 5 heteroatoms. The third kappa shape index (κ3) is 2.94. The minimum absolute atomic E-state index is 0.458. The number of carboxylic acid groups (broad SMARTS) is 1. The lowest BCUT2D eigenvalue weighted by Crippen LogP contribution is -2.08. The minimum atomic E-state index is -1.15. The van der Waals surface area contributed by atoms with E-state index in [0.717, 1.165) is 28.6 Å². The van der Waals surface area contributed by atoms with Gasteiger partial charge in [0.1, 0.15) is 0 Å². The van der Waals surface area contributed by atoms with Crippen molar-refractivity contribution in [1.29, 1.82) is 0 Å². The topological polar surface area (TPSA) is 66.4 Å². The Morgan fingerprint density at radius 3 is 2.45 bits per heavy atom. The molecule has 2 aromatic rings. The molecule has 0 spiro atoms. The zero-order valence-corrected chi connectivity index (χ0v) is 13.1. The average molecular weight is 358 g/mol. The van der Waals surface area contributed by atoms with Crippen LogP contribution in [0.15, 0.2) is 53.0 Å². The molecule has 0 fully saturated rings. The van der Waals surface area contributed by atoms with Crippen LogP contribution in [0, 0.1) is 0 Å². The molecule has 0 bridgehead atoms. The number of hydrogen-bond acceptors (Lipinski definition) is 2. The highest BCUT2D eigenvalue weighted by molar-refractivity contribution is 9.10. The molecule has 2 aromatic carbocycles. The van der Waals surface area contributed by atoms with Gasteiger partial charge in [-0.3, -0.25) is 4.79 Å². The highest BCUT2D eigenvalue weighted by Crippen LogP contribution is 2.38. The molecule has 1 aliphatic rings. The van der Waals surface area contributed by atoms with Crippen LogP contribution in [0.1, 0.15) is 11.1 Å². The van der Waals surface area contributed by atoms with Crippen LogP contribution in [-0.4, -0.2) is 17.0 Å². The molecule has 22 heavy (non-hydrogen) atoms. The summed E-state index contributed by atoms with van der Waals surface area (Å²) in [4.78, 5) is 22.0. The second kappa shape index (κ2) is 5.77. The van der Waals surface area contributed by atoms with E-state index in [9.17, 15) is 9.59 Å². The maximum atomic E-state index is 11.6. The Hall–Kier alpha value is -2.40. The highest BCUT2D eigenvalue weighted by Gasteiger charge is 2.18. The van der Waals surface area contributed by atoms with Gasteiger partial charge in [-0.05, 0) is 52.9 Å². The Labute approximate surface area is 135 Å². The van der Waals surface area contributed by atoms with E-state index in [0.29, 0.717) is 5.69 Å². The Balaban J connectivity index is 1.82. The van der Waals surface area contributed by atoms with E-state index in [-0.39, 0.29) is 0 Å². The van der Waals surface area contributed by atoms with Gasteiger partial charge in [0.05, 0.1) is 0 Å². The van der Waals surface area contributed by atoms with Crippen LogP contribution < -0.4 is 5.32 Å². The molecule has 110 valence electrons. The number of nitrogens with one attached hydrogen (secondary N) is 1. The molecule has 0 saturated carbocycles. The molecule has 0 radical (unpaired) electrons. The van der Waals surface area contributed by atoms with Crippen LogP contribution in [-0.2, 0) is 16.0 Å². The lowest BCUT2D eigenvalue weighted by atomic mass is 10.1. The van der Waals surface area contributed by atoms with Crippen molar-refractivity contribution in [2.75, 3.05) is 5.32 Å². The van der Waals surface area contributed by atoms with Crippen molar-refractivity contribution in [2.45, 2.75) is 6.42 Å². The monoisotopic (exact) mass is 357 g/mol. The van der Waals surface area contributed by atoms with Gasteiger partial charge in [0.2, 0.25) is 5.91 Å². The van der Waals surface area contributed by atoms with Gasteiger partial charge < -0.3 is 10.4 Å². The predicted octanol–water partition coefficient (Wildman–Crippen LogP) is 3.60. The van der Waals surface area contributed by atoms with Crippen molar-refractivity contribution in [3.8, 4) is 11.1 Å². The molecule has 4 nitrogen and oxygen atoms in total. The Morgan fingerprint density at radius 1 is 1.05 bits per heavy atom. The van der Waals surface area contributed by atoms with E-state index in [2.05, 4.69) is 33.4 Å². The van der Waals surface area contributed by atoms with Crippen LogP contribution in [0.3, 0.4) is 0 Å². The number of anilines is 1. The van der Waals surface area contributed by atoms with Crippen LogP contribution >= 0.6 is 15.9 Å². The second-order valence-corrected chi connectivity index (χ2v) is 5.93. The van der Waals surface area contributed by atoms with E-state index in [1.54, 1.807) is 0 Å². The molecule has 3 rings (SSSR count). The van der Waals surface area contributed by atoms with Gasteiger partial charge in [-0.2, -0.15) is 0 Å². The normalized spacial score (nSPS) is 12.0. The van der Waals surface area contributed by atoms with Crippen molar-refractivity contribution < 1.29 is 14.7 Å². The summed E-state index contributed by atoms with van der Waals surface area (Å²) in [6, 6.07) is 11.9. The fourth-order valence-electron chi connectivity index (χ4n) is 2.59. The van der Waals surface area contributed by atoms with Gasteiger partial charge in [-0.25, -0.2) is 4.79 Å². The van der Waals surface area contributed by atoms with Crippen LogP contribution in [0.25, 0.3) is 11.1 Å². The first-order valence-corrected chi connectivity index (χ1v) is 7.46. The first-order valence-electron chi connectivity index (χ1n) is 6.66. The van der Waals surface area contributed by atoms with Crippen molar-refractivity contribution in [3.63, 3.8) is 0 Å². The number of hydrogen-bond donors (Lipinski definition) is 2. The van der Waals surface area contributed by atoms with E-state index >= 15 is 0 Å². The smallest absolute Gasteiger partial charge is 0.328 e. The zero-order valence-electron chi connectivity index (χ0n) is 11.5. The maximum Gasteiger partial charge on any atom is 0.328 e. The summed E-state index contributed by atoms with van der Waals surface area (Å²) in [7, 11) is 0. The first kappa shape index (κ1) is 14.5.